The highest BCUT2D eigenvalue weighted by Gasteiger charge is 2.12. The molecule has 0 saturated carbocycles. The molecule has 1 unspecified atom stereocenters. The highest BCUT2D eigenvalue weighted by atomic mass is 16.5. The zero-order valence-corrected chi connectivity index (χ0v) is 11.2. The molecule has 1 N–H and O–H groups in total. The van der Waals surface area contributed by atoms with E-state index in [0.717, 1.165) is 31.9 Å². The van der Waals surface area contributed by atoms with Gasteiger partial charge in [0, 0.05) is 13.2 Å². The maximum absolute atomic E-state index is 5.69. The Hall–Kier alpha value is -1.06. The van der Waals surface area contributed by atoms with Gasteiger partial charge in [-0.05, 0) is 43.9 Å². The van der Waals surface area contributed by atoms with Crippen LogP contribution in [0.25, 0.3) is 0 Å². The monoisotopic (exact) mass is 249 g/mol. The summed E-state index contributed by atoms with van der Waals surface area (Å²) < 4.78 is 11.0. The van der Waals surface area contributed by atoms with Gasteiger partial charge in [0.25, 0.3) is 0 Å². The second-order valence-corrected chi connectivity index (χ2v) is 4.75. The molecule has 1 heterocycles. The van der Waals surface area contributed by atoms with Crippen molar-refractivity contribution in [2.24, 2.45) is 0 Å². The highest BCUT2D eigenvalue weighted by molar-refractivity contribution is 5.33. The lowest BCUT2D eigenvalue weighted by Crippen LogP contribution is -2.32. The largest absolute Gasteiger partial charge is 0.496 e. The van der Waals surface area contributed by atoms with Gasteiger partial charge in [-0.1, -0.05) is 18.2 Å². The summed E-state index contributed by atoms with van der Waals surface area (Å²) in [6.07, 6.45) is 5.13. The van der Waals surface area contributed by atoms with E-state index >= 15 is 0 Å². The van der Waals surface area contributed by atoms with Gasteiger partial charge in [0.1, 0.15) is 5.75 Å². The van der Waals surface area contributed by atoms with E-state index in [9.17, 15) is 0 Å². The van der Waals surface area contributed by atoms with E-state index in [1.165, 1.54) is 24.8 Å². The van der Waals surface area contributed by atoms with Crippen molar-refractivity contribution in [2.45, 2.75) is 31.8 Å². The van der Waals surface area contributed by atoms with Gasteiger partial charge in [-0.15, -0.1) is 0 Å². The first-order valence-corrected chi connectivity index (χ1v) is 6.84. The maximum atomic E-state index is 5.69. The first-order valence-electron chi connectivity index (χ1n) is 6.84. The van der Waals surface area contributed by atoms with E-state index in [1.807, 2.05) is 12.1 Å². The van der Waals surface area contributed by atoms with Gasteiger partial charge in [0.2, 0.25) is 0 Å². The molecular formula is C15H23NO2. The molecule has 100 valence electrons. The third-order valence-electron chi connectivity index (χ3n) is 3.41. The Labute approximate surface area is 109 Å². The Morgan fingerprint density at radius 2 is 2.22 bits per heavy atom. The maximum Gasteiger partial charge on any atom is 0.122 e. The van der Waals surface area contributed by atoms with Crippen molar-refractivity contribution in [3.8, 4) is 5.75 Å². The van der Waals surface area contributed by atoms with Crippen molar-refractivity contribution in [3.63, 3.8) is 0 Å². The fourth-order valence-corrected chi connectivity index (χ4v) is 2.36. The zero-order chi connectivity index (χ0) is 12.6. The number of nitrogens with one attached hydrogen (secondary N) is 1. The minimum atomic E-state index is 0.413. The molecule has 1 aliphatic heterocycles. The second-order valence-electron chi connectivity index (χ2n) is 4.75. The molecule has 1 aromatic carbocycles. The topological polar surface area (TPSA) is 30.5 Å². The summed E-state index contributed by atoms with van der Waals surface area (Å²) in [4.78, 5) is 0. The van der Waals surface area contributed by atoms with E-state index in [-0.39, 0.29) is 0 Å². The van der Waals surface area contributed by atoms with Gasteiger partial charge in [0.15, 0.2) is 0 Å². The SMILES string of the molecule is COc1ccccc1CCNCC1CCCCO1. The normalized spacial score (nSPS) is 19.7. The molecule has 1 aromatic rings. The van der Waals surface area contributed by atoms with Gasteiger partial charge < -0.3 is 14.8 Å². The number of rotatable bonds is 6. The second kappa shape index (κ2) is 7.39. The molecule has 1 saturated heterocycles. The Morgan fingerprint density at radius 1 is 1.33 bits per heavy atom. The molecule has 0 spiro atoms. The van der Waals surface area contributed by atoms with Crippen LogP contribution >= 0.6 is 0 Å². The Kier molecular flexibility index (Phi) is 5.49. The smallest absolute Gasteiger partial charge is 0.122 e. The average molecular weight is 249 g/mol. The number of benzene rings is 1. The van der Waals surface area contributed by atoms with E-state index < -0.39 is 0 Å². The number of hydrogen-bond donors (Lipinski definition) is 1. The standard InChI is InChI=1S/C15H23NO2/c1-17-15-8-3-2-6-13(15)9-10-16-12-14-7-4-5-11-18-14/h2-3,6,8,14,16H,4-5,7,9-12H2,1H3. The summed E-state index contributed by atoms with van der Waals surface area (Å²) in [5.41, 5.74) is 1.26. The van der Waals surface area contributed by atoms with Crippen molar-refractivity contribution < 1.29 is 9.47 Å². The quantitative estimate of drug-likeness (QED) is 0.785. The van der Waals surface area contributed by atoms with Crippen LogP contribution in [0.5, 0.6) is 5.75 Å². The lowest BCUT2D eigenvalue weighted by Gasteiger charge is -2.22. The summed E-state index contributed by atoms with van der Waals surface area (Å²) in [5.74, 6) is 0.980. The zero-order valence-electron chi connectivity index (χ0n) is 11.2. The lowest BCUT2D eigenvalue weighted by atomic mass is 10.1. The van der Waals surface area contributed by atoms with E-state index in [1.54, 1.807) is 7.11 Å². The highest BCUT2D eigenvalue weighted by Crippen LogP contribution is 2.17. The van der Waals surface area contributed by atoms with Crippen molar-refractivity contribution in [1.29, 1.82) is 0 Å². The first-order chi connectivity index (χ1) is 8.90. The molecule has 2 rings (SSSR count). The Bertz CT molecular complexity index is 348. The molecule has 0 bridgehead atoms. The molecule has 0 aliphatic carbocycles. The van der Waals surface area contributed by atoms with Crippen LogP contribution in [-0.2, 0) is 11.2 Å². The molecular weight excluding hydrogens is 226 g/mol. The van der Waals surface area contributed by atoms with Crippen molar-refractivity contribution in [3.05, 3.63) is 29.8 Å². The third kappa shape index (κ3) is 4.00. The average Bonchev–Trinajstić information content (AvgIpc) is 2.45. The molecule has 3 heteroatoms. The third-order valence-corrected chi connectivity index (χ3v) is 3.41. The van der Waals surface area contributed by atoms with Crippen molar-refractivity contribution in [1.82, 2.24) is 5.32 Å². The lowest BCUT2D eigenvalue weighted by molar-refractivity contribution is 0.0171. The van der Waals surface area contributed by atoms with Gasteiger partial charge in [-0.25, -0.2) is 0 Å². The first kappa shape index (κ1) is 13.4. The van der Waals surface area contributed by atoms with E-state index in [0.29, 0.717) is 6.10 Å². The fourth-order valence-electron chi connectivity index (χ4n) is 2.36. The Morgan fingerprint density at radius 3 is 3.00 bits per heavy atom. The van der Waals surface area contributed by atoms with Crippen LogP contribution in [-0.4, -0.2) is 32.9 Å². The van der Waals surface area contributed by atoms with Crippen LogP contribution in [0.4, 0.5) is 0 Å². The predicted molar refractivity (Wildman–Crippen MR) is 73.2 cm³/mol. The molecule has 3 nitrogen and oxygen atoms in total. The summed E-state index contributed by atoms with van der Waals surface area (Å²) in [6, 6.07) is 8.20. The molecule has 0 aromatic heterocycles. The molecule has 0 radical (unpaired) electrons. The van der Waals surface area contributed by atoms with Gasteiger partial charge in [0.05, 0.1) is 13.2 Å². The van der Waals surface area contributed by atoms with Crippen molar-refractivity contribution in [2.75, 3.05) is 26.8 Å². The molecule has 1 fully saturated rings. The minimum Gasteiger partial charge on any atom is -0.496 e. The molecule has 0 amide bonds. The van der Waals surface area contributed by atoms with Crippen molar-refractivity contribution >= 4 is 0 Å². The summed E-state index contributed by atoms with van der Waals surface area (Å²) in [6.45, 7) is 2.87. The van der Waals surface area contributed by atoms with Gasteiger partial charge in [-0.2, -0.15) is 0 Å². The predicted octanol–water partition coefficient (Wildman–Crippen LogP) is 2.40. The van der Waals surface area contributed by atoms with Gasteiger partial charge >= 0.3 is 0 Å². The van der Waals surface area contributed by atoms with Crippen LogP contribution in [0.1, 0.15) is 24.8 Å². The summed E-state index contributed by atoms with van der Waals surface area (Å²) >= 11 is 0. The van der Waals surface area contributed by atoms with Crippen LogP contribution in [0.15, 0.2) is 24.3 Å². The molecule has 1 atom stereocenters. The van der Waals surface area contributed by atoms with Crippen LogP contribution < -0.4 is 10.1 Å². The summed E-state index contributed by atoms with van der Waals surface area (Å²) in [7, 11) is 1.72. The molecule has 18 heavy (non-hydrogen) atoms. The van der Waals surface area contributed by atoms with E-state index in [4.69, 9.17) is 9.47 Å². The van der Waals surface area contributed by atoms with Crippen LogP contribution in [0, 0.1) is 0 Å². The number of methoxy groups -OCH3 is 1. The fraction of sp³-hybridized carbons (Fsp3) is 0.600. The van der Waals surface area contributed by atoms with E-state index in [2.05, 4.69) is 17.4 Å². The molecule has 1 aliphatic rings. The number of ether oxygens (including phenoxy) is 2. The van der Waals surface area contributed by atoms with Gasteiger partial charge in [-0.3, -0.25) is 0 Å². The number of para-hydroxylation sites is 1. The minimum absolute atomic E-state index is 0.413. The Balaban J connectivity index is 1.68. The summed E-state index contributed by atoms with van der Waals surface area (Å²) in [5, 5.41) is 3.47. The van der Waals surface area contributed by atoms with Crippen LogP contribution in [0.3, 0.4) is 0 Å². The van der Waals surface area contributed by atoms with Crippen LogP contribution in [0.2, 0.25) is 0 Å². The number of hydrogen-bond acceptors (Lipinski definition) is 3.